The second kappa shape index (κ2) is 9.23. The Morgan fingerprint density at radius 3 is 2.32 bits per heavy atom. The highest BCUT2D eigenvalue weighted by Gasteiger charge is 2.16. The van der Waals surface area contributed by atoms with Crippen LogP contribution >= 0.6 is 0 Å². The third-order valence-electron chi connectivity index (χ3n) is 4.07. The Bertz CT molecular complexity index is 665. The molecule has 2 amide bonds. The lowest BCUT2D eigenvalue weighted by Crippen LogP contribution is -2.42. The summed E-state index contributed by atoms with van der Waals surface area (Å²) < 4.78 is 0. The Hall–Kier alpha value is -2.33. The smallest absolute Gasteiger partial charge is 0.317 e. The molecule has 0 heterocycles. The van der Waals surface area contributed by atoms with Crippen LogP contribution in [-0.2, 0) is 13.1 Å². The summed E-state index contributed by atoms with van der Waals surface area (Å²) in [6.07, 6.45) is 0. The van der Waals surface area contributed by atoms with Crippen molar-refractivity contribution >= 4 is 6.03 Å². The maximum Gasteiger partial charge on any atom is 0.317 e. The lowest BCUT2D eigenvalue weighted by atomic mass is 10.1. The molecule has 4 nitrogen and oxygen atoms in total. The van der Waals surface area contributed by atoms with E-state index in [1.807, 2.05) is 37.3 Å². The summed E-state index contributed by atoms with van der Waals surface area (Å²) in [6.45, 7) is 7.67. The summed E-state index contributed by atoms with van der Waals surface area (Å²) in [5, 5.41) is 12.4. The monoisotopic (exact) mass is 340 g/mol. The zero-order chi connectivity index (χ0) is 18.2. The van der Waals surface area contributed by atoms with Crippen molar-refractivity contribution in [1.29, 1.82) is 0 Å². The molecule has 4 heteroatoms. The summed E-state index contributed by atoms with van der Waals surface area (Å²) in [6, 6.07) is 16.1. The van der Waals surface area contributed by atoms with E-state index in [-0.39, 0.29) is 18.6 Å². The number of hydrogen-bond donors (Lipinski definition) is 2. The predicted octanol–water partition coefficient (Wildman–Crippen LogP) is 3.64. The van der Waals surface area contributed by atoms with Gasteiger partial charge < -0.3 is 15.3 Å². The molecule has 0 fully saturated rings. The first-order valence-electron chi connectivity index (χ1n) is 8.72. The summed E-state index contributed by atoms with van der Waals surface area (Å²) >= 11 is 0. The van der Waals surface area contributed by atoms with E-state index in [2.05, 4.69) is 37.4 Å². The van der Waals surface area contributed by atoms with Crippen molar-refractivity contribution in [2.45, 2.75) is 33.9 Å². The van der Waals surface area contributed by atoms with Crippen LogP contribution in [0.2, 0.25) is 0 Å². The standard InChI is InChI=1S/C21H28N2O2/c1-16-9-17(2)11-20(10-16)12-22-21(25)23(13-18(3)15-24)14-19-7-5-4-6-8-19/h4-11,18,24H,12-15H2,1-3H3,(H,22,25)/t18-/m1/s1. The number of nitrogens with zero attached hydrogens (tertiary/aromatic N) is 1. The minimum atomic E-state index is -0.108. The van der Waals surface area contributed by atoms with Gasteiger partial charge in [-0.15, -0.1) is 0 Å². The number of urea groups is 1. The van der Waals surface area contributed by atoms with Crippen LogP contribution in [0.4, 0.5) is 4.79 Å². The molecular formula is C21H28N2O2. The molecule has 2 N–H and O–H groups in total. The molecule has 134 valence electrons. The van der Waals surface area contributed by atoms with Crippen molar-refractivity contribution in [3.63, 3.8) is 0 Å². The van der Waals surface area contributed by atoms with Gasteiger partial charge in [-0.1, -0.05) is 66.6 Å². The molecule has 2 aromatic carbocycles. The summed E-state index contributed by atoms with van der Waals surface area (Å²) in [7, 11) is 0. The van der Waals surface area contributed by atoms with Gasteiger partial charge in [0, 0.05) is 26.2 Å². The Morgan fingerprint density at radius 2 is 1.72 bits per heavy atom. The van der Waals surface area contributed by atoms with Gasteiger partial charge in [0.15, 0.2) is 0 Å². The second-order valence-electron chi connectivity index (χ2n) is 6.81. The third kappa shape index (κ3) is 6.24. The van der Waals surface area contributed by atoms with Crippen LogP contribution in [0.25, 0.3) is 0 Å². The fraction of sp³-hybridized carbons (Fsp3) is 0.381. The van der Waals surface area contributed by atoms with E-state index in [9.17, 15) is 9.90 Å². The maximum atomic E-state index is 12.7. The molecule has 1 atom stereocenters. The van der Waals surface area contributed by atoms with E-state index in [0.29, 0.717) is 19.6 Å². The van der Waals surface area contributed by atoms with Gasteiger partial charge in [-0.2, -0.15) is 0 Å². The Balaban J connectivity index is 2.03. The van der Waals surface area contributed by atoms with Gasteiger partial charge in [0.25, 0.3) is 0 Å². The number of benzene rings is 2. The van der Waals surface area contributed by atoms with Gasteiger partial charge in [0.1, 0.15) is 0 Å². The topological polar surface area (TPSA) is 52.6 Å². The van der Waals surface area contributed by atoms with Gasteiger partial charge in [0.05, 0.1) is 0 Å². The SMILES string of the molecule is Cc1cc(C)cc(CNC(=O)N(Cc2ccccc2)C[C@@H](C)CO)c1. The molecular weight excluding hydrogens is 312 g/mol. The summed E-state index contributed by atoms with van der Waals surface area (Å²) in [5.74, 6) is 0.0377. The molecule has 0 aliphatic carbocycles. The van der Waals surface area contributed by atoms with Crippen LogP contribution in [0, 0.1) is 19.8 Å². The number of nitrogens with one attached hydrogen (secondary N) is 1. The first kappa shape index (κ1) is 19.0. The summed E-state index contributed by atoms with van der Waals surface area (Å²) in [4.78, 5) is 14.4. The first-order valence-corrected chi connectivity index (χ1v) is 8.72. The Morgan fingerprint density at radius 1 is 1.08 bits per heavy atom. The van der Waals surface area contributed by atoms with Crippen molar-refractivity contribution in [1.82, 2.24) is 10.2 Å². The van der Waals surface area contributed by atoms with Crippen molar-refractivity contribution in [3.8, 4) is 0 Å². The number of carbonyl (C=O) groups excluding carboxylic acids is 1. The zero-order valence-corrected chi connectivity index (χ0v) is 15.3. The first-order chi connectivity index (χ1) is 12.0. The number of hydrogen-bond acceptors (Lipinski definition) is 2. The van der Waals surface area contributed by atoms with E-state index in [1.54, 1.807) is 4.90 Å². The maximum absolute atomic E-state index is 12.7. The lowest BCUT2D eigenvalue weighted by molar-refractivity contribution is 0.163. The quantitative estimate of drug-likeness (QED) is 0.808. The fourth-order valence-corrected chi connectivity index (χ4v) is 2.92. The molecule has 0 aromatic heterocycles. The zero-order valence-electron chi connectivity index (χ0n) is 15.3. The number of carbonyl (C=O) groups is 1. The number of aliphatic hydroxyl groups excluding tert-OH is 1. The average Bonchev–Trinajstić information content (AvgIpc) is 2.59. The van der Waals surface area contributed by atoms with E-state index in [0.717, 1.165) is 11.1 Å². The van der Waals surface area contributed by atoms with Gasteiger partial charge in [-0.25, -0.2) is 4.79 Å². The number of rotatable bonds is 7. The minimum Gasteiger partial charge on any atom is -0.396 e. The van der Waals surface area contributed by atoms with Gasteiger partial charge in [-0.05, 0) is 30.9 Å². The fourth-order valence-electron chi connectivity index (χ4n) is 2.92. The largest absolute Gasteiger partial charge is 0.396 e. The van der Waals surface area contributed by atoms with Gasteiger partial charge >= 0.3 is 6.03 Å². The van der Waals surface area contributed by atoms with Crippen LogP contribution < -0.4 is 5.32 Å². The summed E-state index contributed by atoms with van der Waals surface area (Å²) in [5.41, 5.74) is 4.56. The molecule has 0 aliphatic rings. The van der Waals surface area contributed by atoms with E-state index < -0.39 is 0 Å². The predicted molar refractivity (Wildman–Crippen MR) is 101 cm³/mol. The van der Waals surface area contributed by atoms with Crippen LogP contribution in [0.1, 0.15) is 29.2 Å². The van der Waals surface area contributed by atoms with Crippen molar-refractivity contribution in [2.75, 3.05) is 13.2 Å². The number of aryl methyl sites for hydroxylation is 2. The Kier molecular flexibility index (Phi) is 7.02. The minimum absolute atomic E-state index is 0.0377. The van der Waals surface area contributed by atoms with Crippen LogP contribution in [0.5, 0.6) is 0 Å². The highest BCUT2D eigenvalue weighted by atomic mass is 16.3. The molecule has 0 bridgehead atoms. The van der Waals surface area contributed by atoms with Gasteiger partial charge in [-0.3, -0.25) is 0 Å². The second-order valence-corrected chi connectivity index (χ2v) is 6.81. The highest BCUT2D eigenvalue weighted by molar-refractivity contribution is 5.74. The highest BCUT2D eigenvalue weighted by Crippen LogP contribution is 2.11. The van der Waals surface area contributed by atoms with Crippen LogP contribution in [0.3, 0.4) is 0 Å². The number of aliphatic hydroxyl groups is 1. The van der Waals surface area contributed by atoms with Crippen LogP contribution in [-0.4, -0.2) is 29.2 Å². The molecule has 2 aromatic rings. The molecule has 0 saturated heterocycles. The molecule has 0 saturated carbocycles. The molecule has 2 rings (SSSR count). The molecule has 0 radical (unpaired) electrons. The van der Waals surface area contributed by atoms with E-state index in [4.69, 9.17) is 0 Å². The number of amides is 2. The van der Waals surface area contributed by atoms with Gasteiger partial charge in [0.2, 0.25) is 0 Å². The third-order valence-corrected chi connectivity index (χ3v) is 4.07. The van der Waals surface area contributed by atoms with Crippen molar-refractivity contribution in [3.05, 3.63) is 70.8 Å². The molecule has 25 heavy (non-hydrogen) atoms. The van der Waals surface area contributed by atoms with E-state index >= 15 is 0 Å². The molecule has 0 unspecified atom stereocenters. The molecule has 0 spiro atoms. The van der Waals surface area contributed by atoms with Crippen molar-refractivity contribution < 1.29 is 9.90 Å². The lowest BCUT2D eigenvalue weighted by Gasteiger charge is -2.26. The molecule has 0 aliphatic heterocycles. The van der Waals surface area contributed by atoms with Crippen molar-refractivity contribution in [2.24, 2.45) is 5.92 Å². The van der Waals surface area contributed by atoms with E-state index in [1.165, 1.54) is 11.1 Å². The Labute approximate surface area is 150 Å². The normalized spacial score (nSPS) is 11.8. The average molecular weight is 340 g/mol. The van der Waals surface area contributed by atoms with Crippen LogP contribution in [0.15, 0.2) is 48.5 Å².